The first-order chi connectivity index (χ1) is 6.99. The number of amides is 1. The lowest BCUT2D eigenvalue weighted by molar-refractivity contribution is -0.305. The Morgan fingerprint density at radius 2 is 1.73 bits per heavy atom. The molecule has 4 heteroatoms. The van der Waals surface area contributed by atoms with Crippen LogP contribution >= 0.6 is 0 Å². The van der Waals surface area contributed by atoms with Crippen molar-refractivity contribution >= 4 is 11.9 Å². The average Bonchev–Trinajstić information content (AvgIpc) is 2.12. The number of carboxylic acid groups (broad SMARTS) is 1. The summed E-state index contributed by atoms with van der Waals surface area (Å²) >= 11 is 0. The summed E-state index contributed by atoms with van der Waals surface area (Å²) in [5, 5.41) is 10.2. The van der Waals surface area contributed by atoms with Gasteiger partial charge in [0.25, 0.3) is 0 Å². The number of hydrogen-bond donors (Lipinski definition) is 0. The predicted molar refractivity (Wildman–Crippen MR) is 53.8 cm³/mol. The van der Waals surface area contributed by atoms with E-state index in [1.165, 1.54) is 0 Å². The van der Waals surface area contributed by atoms with E-state index in [4.69, 9.17) is 0 Å². The zero-order valence-corrected chi connectivity index (χ0v) is 9.36. The van der Waals surface area contributed by atoms with Gasteiger partial charge in [-0.1, -0.05) is 13.8 Å². The van der Waals surface area contributed by atoms with Gasteiger partial charge in [-0.3, -0.25) is 4.79 Å². The first kappa shape index (κ1) is 12.0. The minimum absolute atomic E-state index is 0.0578. The van der Waals surface area contributed by atoms with Gasteiger partial charge in [0.05, 0.1) is 0 Å². The molecule has 1 fully saturated rings. The minimum Gasteiger partial charge on any atom is -0.550 e. The highest BCUT2D eigenvalue weighted by Crippen LogP contribution is 2.21. The molecule has 0 aliphatic carbocycles. The Balaban J connectivity index is 2.41. The van der Waals surface area contributed by atoms with Crippen LogP contribution in [0, 0.1) is 11.8 Å². The molecule has 0 bridgehead atoms. The summed E-state index contributed by atoms with van der Waals surface area (Å²) in [4.78, 5) is 23.6. The first-order valence-electron chi connectivity index (χ1n) is 5.46. The molecule has 0 aromatic carbocycles. The molecule has 0 aromatic heterocycles. The summed E-state index contributed by atoms with van der Waals surface area (Å²) in [6, 6.07) is 0. The van der Waals surface area contributed by atoms with E-state index in [-0.39, 0.29) is 18.7 Å². The molecule has 1 aliphatic heterocycles. The normalized spacial score (nSPS) is 26.4. The second-order valence-electron chi connectivity index (χ2n) is 4.62. The minimum atomic E-state index is -1.15. The van der Waals surface area contributed by atoms with E-state index in [9.17, 15) is 14.7 Å². The largest absolute Gasteiger partial charge is 0.550 e. The Hall–Kier alpha value is -1.06. The number of carboxylic acids is 1. The van der Waals surface area contributed by atoms with Crippen molar-refractivity contribution in [2.45, 2.75) is 33.1 Å². The molecule has 1 amide bonds. The summed E-state index contributed by atoms with van der Waals surface area (Å²) in [5.74, 6) is -0.180. The fourth-order valence-corrected chi connectivity index (χ4v) is 2.23. The molecule has 0 N–H and O–H groups in total. The molecule has 2 unspecified atom stereocenters. The standard InChI is InChI=1S/C11H19NO3/c1-8-5-9(2)7-12(6-8)10(13)3-4-11(14)15/h8-9H,3-7H2,1-2H3,(H,14,15)/p-1. The molecule has 4 nitrogen and oxygen atoms in total. The van der Waals surface area contributed by atoms with Crippen LogP contribution in [0.15, 0.2) is 0 Å². The number of likely N-dealkylation sites (tertiary alicyclic amines) is 1. The maximum atomic E-state index is 11.6. The van der Waals surface area contributed by atoms with Gasteiger partial charge < -0.3 is 14.8 Å². The highest BCUT2D eigenvalue weighted by atomic mass is 16.4. The SMILES string of the molecule is CC1CC(C)CN(C(=O)CCC(=O)[O-])C1. The monoisotopic (exact) mass is 212 g/mol. The third-order valence-electron chi connectivity index (χ3n) is 2.76. The van der Waals surface area contributed by atoms with Crippen molar-refractivity contribution in [3.05, 3.63) is 0 Å². The van der Waals surface area contributed by atoms with Crippen molar-refractivity contribution in [2.24, 2.45) is 11.8 Å². The van der Waals surface area contributed by atoms with Crippen molar-refractivity contribution in [1.82, 2.24) is 4.90 Å². The second-order valence-corrected chi connectivity index (χ2v) is 4.62. The lowest BCUT2D eigenvalue weighted by atomic mass is 9.91. The summed E-state index contributed by atoms with van der Waals surface area (Å²) in [6.45, 7) is 5.76. The van der Waals surface area contributed by atoms with E-state index >= 15 is 0 Å². The van der Waals surface area contributed by atoms with Gasteiger partial charge in [-0.05, 0) is 24.7 Å². The van der Waals surface area contributed by atoms with Crippen molar-refractivity contribution in [1.29, 1.82) is 0 Å². The summed E-state index contributed by atoms with van der Waals surface area (Å²) < 4.78 is 0. The van der Waals surface area contributed by atoms with E-state index in [1.807, 2.05) is 0 Å². The number of aliphatic carboxylic acids is 1. The molecule has 0 aromatic rings. The average molecular weight is 212 g/mol. The predicted octanol–water partition coefficient (Wildman–Crippen LogP) is 0.0210. The van der Waals surface area contributed by atoms with Crippen LogP contribution in [0.2, 0.25) is 0 Å². The molecular weight excluding hydrogens is 194 g/mol. The Kier molecular flexibility index (Phi) is 4.12. The number of hydrogen-bond acceptors (Lipinski definition) is 3. The third-order valence-corrected chi connectivity index (χ3v) is 2.76. The molecular formula is C11H18NO3-. The lowest BCUT2D eigenvalue weighted by Gasteiger charge is -2.35. The van der Waals surface area contributed by atoms with Crippen LogP contribution in [0.4, 0.5) is 0 Å². The van der Waals surface area contributed by atoms with E-state index in [1.54, 1.807) is 4.90 Å². The number of carbonyl (C=O) groups is 2. The van der Waals surface area contributed by atoms with Crippen LogP contribution in [0.1, 0.15) is 33.1 Å². The zero-order chi connectivity index (χ0) is 11.4. The van der Waals surface area contributed by atoms with Crippen LogP contribution < -0.4 is 5.11 Å². The summed E-state index contributed by atoms with van der Waals surface area (Å²) in [5.41, 5.74) is 0. The van der Waals surface area contributed by atoms with Crippen LogP contribution in [-0.4, -0.2) is 29.9 Å². The highest BCUT2D eigenvalue weighted by molar-refractivity contribution is 5.80. The maximum Gasteiger partial charge on any atom is 0.222 e. The fourth-order valence-electron chi connectivity index (χ4n) is 2.23. The third kappa shape index (κ3) is 3.90. The molecule has 2 atom stereocenters. The molecule has 1 aliphatic rings. The highest BCUT2D eigenvalue weighted by Gasteiger charge is 2.24. The molecule has 15 heavy (non-hydrogen) atoms. The fraction of sp³-hybridized carbons (Fsp3) is 0.818. The number of piperidine rings is 1. The van der Waals surface area contributed by atoms with Gasteiger partial charge in [-0.25, -0.2) is 0 Å². The van der Waals surface area contributed by atoms with Crippen molar-refractivity contribution < 1.29 is 14.7 Å². The van der Waals surface area contributed by atoms with Gasteiger partial charge in [0.2, 0.25) is 5.91 Å². The van der Waals surface area contributed by atoms with Crippen LogP contribution in [0.5, 0.6) is 0 Å². The van der Waals surface area contributed by atoms with Gasteiger partial charge in [0.15, 0.2) is 0 Å². The molecule has 1 saturated heterocycles. The molecule has 0 radical (unpaired) electrons. The number of rotatable bonds is 3. The molecule has 0 saturated carbocycles. The Labute approximate surface area is 90.3 Å². The smallest absolute Gasteiger partial charge is 0.222 e. The van der Waals surface area contributed by atoms with E-state index in [0.717, 1.165) is 19.5 Å². The van der Waals surface area contributed by atoms with Gasteiger partial charge in [-0.2, -0.15) is 0 Å². The van der Waals surface area contributed by atoms with Crippen LogP contribution in [-0.2, 0) is 9.59 Å². The Morgan fingerprint density at radius 1 is 1.20 bits per heavy atom. The first-order valence-corrected chi connectivity index (χ1v) is 5.46. The van der Waals surface area contributed by atoms with Gasteiger partial charge in [-0.15, -0.1) is 0 Å². The van der Waals surface area contributed by atoms with Gasteiger partial charge in [0, 0.05) is 25.5 Å². The van der Waals surface area contributed by atoms with E-state index in [2.05, 4.69) is 13.8 Å². The Bertz CT molecular complexity index is 242. The summed E-state index contributed by atoms with van der Waals surface area (Å²) in [6.07, 6.45) is 1.05. The molecule has 1 heterocycles. The zero-order valence-electron chi connectivity index (χ0n) is 9.36. The van der Waals surface area contributed by atoms with E-state index in [0.29, 0.717) is 11.8 Å². The van der Waals surface area contributed by atoms with Gasteiger partial charge >= 0.3 is 0 Å². The lowest BCUT2D eigenvalue weighted by Crippen LogP contribution is -2.42. The van der Waals surface area contributed by atoms with Crippen molar-refractivity contribution in [3.63, 3.8) is 0 Å². The van der Waals surface area contributed by atoms with Crippen LogP contribution in [0.3, 0.4) is 0 Å². The van der Waals surface area contributed by atoms with E-state index < -0.39 is 5.97 Å². The maximum absolute atomic E-state index is 11.6. The van der Waals surface area contributed by atoms with Gasteiger partial charge in [0.1, 0.15) is 0 Å². The van der Waals surface area contributed by atoms with Crippen LogP contribution in [0.25, 0.3) is 0 Å². The topological polar surface area (TPSA) is 60.4 Å². The molecule has 86 valence electrons. The quantitative estimate of drug-likeness (QED) is 0.662. The Morgan fingerprint density at radius 3 is 2.20 bits per heavy atom. The number of nitrogens with zero attached hydrogens (tertiary/aromatic N) is 1. The number of carbonyl (C=O) groups excluding carboxylic acids is 2. The summed E-state index contributed by atoms with van der Waals surface area (Å²) in [7, 11) is 0. The second kappa shape index (κ2) is 5.14. The van der Waals surface area contributed by atoms with Crippen molar-refractivity contribution in [3.8, 4) is 0 Å². The van der Waals surface area contributed by atoms with Crippen molar-refractivity contribution in [2.75, 3.05) is 13.1 Å². The molecule has 0 spiro atoms. The molecule has 1 rings (SSSR count).